The summed E-state index contributed by atoms with van der Waals surface area (Å²) >= 11 is 0. The summed E-state index contributed by atoms with van der Waals surface area (Å²) in [7, 11) is 1.67. The number of hydrogen-bond acceptors (Lipinski definition) is 3. The highest BCUT2D eigenvalue weighted by molar-refractivity contribution is 5.90. The third-order valence-corrected chi connectivity index (χ3v) is 6.16. The molecule has 2 aliphatic rings. The maximum atomic E-state index is 10.1. The number of hydrogen-bond donors (Lipinski definition) is 2. The highest BCUT2D eigenvalue weighted by atomic mass is 16.5. The molecule has 1 unspecified atom stereocenters. The molecule has 0 aromatic heterocycles. The van der Waals surface area contributed by atoms with E-state index in [1.165, 1.54) is 22.3 Å². The van der Waals surface area contributed by atoms with Crippen molar-refractivity contribution in [2.45, 2.75) is 33.1 Å². The number of allylic oxidation sites excluding steroid dienone is 1. The number of aromatic hydroxyl groups is 2. The standard InChI is InChI=1S/C25H22O3.C2H6/c1-28-22-8-2-16(3-9-22)10-24-23-12-21(27)7-5-18(23)14-25(24)13-17-4-6-20(26)11-19(17)15-25;1-2/h2-12,26-27H,13-15H2,1H3;1-2H3/b24-10+;. The first-order valence-electron chi connectivity index (χ1n) is 10.6. The molecule has 3 aromatic carbocycles. The van der Waals surface area contributed by atoms with Crippen molar-refractivity contribution < 1.29 is 14.9 Å². The summed E-state index contributed by atoms with van der Waals surface area (Å²) in [6, 6.07) is 19.5. The van der Waals surface area contributed by atoms with Gasteiger partial charge in [0.25, 0.3) is 0 Å². The van der Waals surface area contributed by atoms with Gasteiger partial charge in [0.15, 0.2) is 0 Å². The maximum Gasteiger partial charge on any atom is 0.118 e. The monoisotopic (exact) mass is 400 g/mol. The molecule has 2 aliphatic carbocycles. The SMILES string of the molecule is CC.COc1ccc(/C=C2\c3cc(O)ccc3CC23Cc2ccc(O)cc2C3)cc1. The molecule has 3 heteroatoms. The quantitative estimate of drug-likeness (QED) is 0.553. The van der Waals surface area contributed by atoms with E-state index in [0.29, 0.717) is 11.5 Å². The lowest BCUT2D eigenvalue weighted by Crippen LogP contribution is -2.20. The summed E-state index contributed by atoms with van der Waals surface area (Å²) < 4.78 is 5.28. The van der Waals surface area contributed by atoms with Crippen molar-refractivity contribution in [2.24, 2.45) is 5.41 Å². The second-order valence-electron chi connectivity index (χ2n) is 7.94. The van der Waals surface area contributed by atoms with E-state index in [9.17, 15) is 10.2 Å². The van der Waals surface area contributed by atoms with Crippen molar-refractivity contribution in [3.05, 3.63) is 88.5 Å². The molecule has 0 heterocycles. The molecule has 0 saturated heterocycles. The predicted molar refractivity (Wildman–Crippen MR) is 122 cm³/mol. The van der Waals surface area contributed by atoms with Gasteiger partial charge in [0.2, 0.25) is 0 Å². The first-order chi connectivity index (χ1) is 14.6. The molecule has 1 atom stereocenters. The second-order valence-corrected chi connectivity index (χ2v) is 7.94. The molecular formula is C27H28O3. The summed E-state index contributed by atoms with van der Waals surface area (Å²) in [4.78, 5) is 0. The minimum Gasteiger partial charge on any atom is -0.508 e. The number of phenolic OH excluding ortho intramolecular Hbond substituents is 2. The van der Waals surface area contributed by atoms with Crippen LogP contribution >= 0.6 is 0 Å². The van der Waals surface area contributed by atoms with Gasteiger partial charge in [-0.15, -0.1) is 0 Å². The minimum absolute atomic E-state index is 0.0355. The average Bonchev–Trinajstić information content (AvgIpc) is 3.26. The number of benzene rings is 3. The summed E-state index contributed by atoms with van der Waals surface area (Å²) in [5.41, 5.74) is 7.27. The average molecular weight is 401 g/mol. The van der Waals surface area contributed by atoms with E-state index in [2.05, 4.69) is 18.2 Å². The zero-order valence-electron chi connectivity index (χ0n) is 17.8. The van der Waals surface area contributed by atoms with E-state index in [1.54, 1.807) is 19.2 Å². The molecular weight excluding hydrogens is 372 g/mol. The smallest absolute Gasteiger partial charge is 0.118 e. The zero-order chi connectivity index (χ0) is 21.3. The highest BCUT2D eigenvalue weighted by Crippen LogP contribution is 2.55. The van der Waals surface area contributed by atoms with Gasteiger partial charge in [-0.1, -0.05) is 44.2 Å². The molecule has 2 N–H and O–H groups in total. The van der Waals surface area contributed by atoms with Gasteiger partial charge >= 0.3 is 0 Å². The van der Waals surface area contributed by atoms with E-state index in [-0.39, 0.29) is 5.41 Å². The van der Waals surface area contributed by atoms with Crippen molar-refractivity contribution >= 4 is 11.6 Å². The third-order valence-electron chi connectivity index (χ3n) is 6.16. The molecule has 5 rings (SSSR count). The Kier molecular flexibility index (Phi) is 5.29. The van der Waals surface area contributed by atoms with Gasteiger partial charge in [-0.05, 0) is 89.1 Å². The van der Waals surface area contributed by atoms with Gasteiger partial charge in [-0.25, -0.2) is 0 Å². The van der Waals surface area contributed by atoms with Gasteiger partial charge in [-0.3, -0.25) is 0 Å². The van der Waals surface area contributed by atoms with Crippen LogP contribution in [0.25, 0.3) is 11.6 Å². The fraction of sp³-hybridized carbons (Fsp3) is 0.259. The van der Waals surface area contributed by atoms with Crippen LogP contribution in [-0.4, -0.2) is 17.3 Å². The molecule has 154 valence electrons. The van der Waals surface area contributed by atoms with E-state index in [4.69, 9.17) is 4.74 Å². The number of ether oxygens (including phenoxy) is 1. The Labute approximate surface area is 178 Å². The highest BCUT2D eigenvalue weighted by Gasteiger charge is 2.46. The molecule has 0 fully saturated rings. The number of rotatable bonds is 2. The first kappa shape index (κ1) is 20.1. The number of methoxy groups -OCH3 is 1. The van der Waals surface area contributed by atoms with Crippen LogP contribution in [0.15, 0.2) is 60.7 Å². The second kappa shape index (κ2) is 7.91. The zero-order valence-corrected chi connectivity index (χ0v) is 17.8. The molecule has 3 aromatic rings. The first-order valence-corrected chi connectivity index (χ1v) is 10.6. The van der Waals surface area contributed by atoms with Crippen molar-refractivity contribution in [1.82, 2.24) is 0 Å². The van der Waals surface area contributed by atoms with Gasteiger partial charge in [0.05, 0.1) is 7.11 Å². The van der Waals surface area contributed by atoms with E-state index < -0.39 is 0 Å². The maximum absolute atomic E-state index is 10.1. The lowest BCUT2D eigenvalue weighted by Gasteiger charge is -2.26. The molecule has 3 nitrogen and oxygen atoms in total. The molecule has 0 amide bonds. The van der Waals surface area contributed by atoms with Crippen LogP contribution in [0, 0.1) is 5.41 Å². The molecule has 0 saturated carbocycles. The molecule has 30 heavy (non-hydrogen) atoms. The molecule has 0 bridgehead atoms. The Morgan fingerprint density at radius 1 is 0.767 bits per heavy atom. The van der Waals surface area contributed by atoms with Crippen LogP contribution in [-0.2, 0) is 19.3 Å². The summed E-state index contributed by atoms with van der Waals surface area (Å²) in [5.74, 6) is 1.46. The van der Waals surface area contributed by atoms with Crippen LogP contribution in [0.1, 0.15) is 41.7 Å². The Balaban J connectivity index is 0.00000106. The van der Waals surface area contributed by atoms with Crippen LogP contribution in [0.3, 0.4) is 0 Å². The lowest BCUT2D eigenvalue weighted by molar-refractivity contribution is 0.415. The van der Waals surface area contributed by atoms with Gasteiger partial charge in [0, 0.05) is 5.41 Å². The van der Waals surface area contributed by atoms with Crippen molar-refractivity contribution in [1.29, 1.82) is 0 Å². The minimum atomic E-state index is -0.0355. The van der Waals surface area contributed by atoms with Crippen LogP contribution < -0.4 is 4.74 Å². The van der Waals surface area contributed by atoms with Gasteiger partial charge < -0.3 is 14.9 Å². The topological polar surface area (TPSA) is 49.7 Å². The number of fused-ring (bicyclic) bond motifs is 2. The van der Waals surface area contributed by atoms with E-state index in [0.717, 1.165) is 36.1 Å². The third kappa shape index (κ3) is 3.45. The van der Waals surface area contributed by atoms with Crippen LogP contribution in [0.2, 0.25) is 0 Å². The predicted octanol–water partition coefficient (Wildman–Crippen LogP) is 6.01. The molecule has 0 aliphatic heterocycles. The van der Waals surface area contributed by atoms with Crippen LogP contribution in [0.5, 0.6) is 17.2 Å². The van der Waals surface area contributed by atoms with Crippen molar-refractivity contribution in [3.8, 4) is 17.2 Å². The van der Waals surface area contributed by atoms with Crippen molar-refractivity contribution in [2.75, 3.05) is 7.11 Å². The Morgan fingerprint density at radius 2 is 1.37 bits per heavy atom. The fourth-order valence-electron chi connectivity index (χ4n) is 4.87. The van der Waals surface area contributed by atoms with E-state index in [1.807, 2.05) is 50.2 Å². The number of phenols is 2. The van der Waals surface area contributed by atoms with Crippen LogP contribution in [0.4, 0.5) is 0 Å². The summed E-state index contributed by atoms with van der Waals surface area (Å²) in [6.07, 6.45) is 5.03. The van der Waals surface area contributed by atoms with Gasteiger partial charge in [-0.2, -0.15) is 0 Å². The fourth-order valence-corrected chi connectivity index (χ4v) is 4.87. The summed E-state index contributed by atoms with van der Waals surface area (Å²) in [5, 5.41) is 20.0. The Hall–Kier alpha value is -3.20. The van der Waals surface area contributed by atoms with Crippen molar-refractivity contribution in [3.63, 3.8) is 0 Å². The van der Waals surface area contributed by atoms with Gasteiger partial charge in [0.1, 0.15) is 17.2 Å². The normalized spacial score (nSPS) is 19.9. The molecule has 0 radical (unpaired) electrons. The summed E-state index contributed by atoms with van der Waals surface area (Å²) in [6.45, 7) is 4.00. The Morgan fingerprint density at radius 3 is 2.07 bits per heavy atom. The Bertz CT molecular complexity index is 1090. The largest absolute Gasteiger partial charge is 0.508 e. The lowest BCUT2D eigenvalue weighted by atomic mass is 9.77. The van der Waals surface area contributed by atoms with E-state index >= 15 is 0 Å². The molecule has 1 spiro atoms.